The topological polar surface area (TPSA) is 144 Å². The fraction of sp³-hybridized carbons (Fsp3) is 0.273. The molecule has 0 atom stereocenters. The van der Waals surface area contributed by atoms with E-state index in [2.05, 4.69) is 5.32 Å². The van der Waals surface area contributed by atoms with E-state index >= 15 is 0 Å². The molecule has 0 aliphatic carbocycles. The van der Waals surface area contributed by atoms with Crippen molar-refractivity contribution in [1.82, 2.24) is 5.32 Å². The molecule has 0 fully saturated rings. The number of amides is 1. The van der Waals surface area contributed by atoms with Crippen LogP contribution >= 0.6 is 0 Å². The summed E-state index contributed by atoms with van der Waals surface area (Å²) in [5.74, 6) is -1.91. The van der Waals surface area contributed by atoms with E-state index in [-0.39, 0.29) is 23.4 Å². The number of carbonyl (C=O) groups excluding carboxylic acids is 1. The molecular formula is C11H12N2O7S. The molecule has 21 heavy (non-hydrogen) atoms. The molecule has 0 saturated heterocycles. The number of benzene rings is 1. The summed E-state index contributed by atoms with van der Waals surface area (Å²) < 4.78 is 22.9. The molecule has 10 heteroatoms. The zero-order valence-corrected chi connectivity index (χ0v) is 11.7. The van der Waals surface area contributed by atoms with E-state index in [1.165, 1.54) is 0 Å². The van der Waals surface area contributed by atoms with Gasteiger partial charge in [-0.2, -0.15) is 0 Å². The number of hydrogen-bond donors (Lipinski definition) is 2. The van der Waals surface area contributed by atoms with Crippen LogP contribution < -0.4 is 5.32 Å². The number of nitrogens with one attached hydrogen (secondary N) is 1. The van der Waals surface area contributed by atoms with E-state index in [0.29, 0.717) is 0 Å². The number of carbonyl (C=O) groups is 2. The summed E-state index contributed by atoms with van der Waals surface area (Å²) in [6.07, 6.45) is 0.539. The van der Waals surface area contributed by atoms with Crippen molar-refractivity contribution in [3.8, 4) is 0 Å². The van der Waals surface area contributed by atoms with Crippen LogP contribution in [0.3, 0.4) is 0 Å². The molecule has 0 aliphatic rings. The Labute approximate surface area is 119 Å². The Hall–Kier alpha value is -2.49. The van der Waals surface area contributed by atoms with Gasteiger partial charge in [0.05, 0.1) is 16.2 Å². The summed E-state index contributed by atoms with van der Waals surface area (Å²) in [6.45, 7) is -0.176. The van der Waals surface area contributed by atoms with Gasteiger partial charge in [0.2, 0.25) is 0 Å². The van der Waals surface area contributed by atoms with E-state index in [0.717, 1.165) is 24.5 Å². The predicted molar refractivity (Wildman–Crippen MR) is 70.8 cm³/mol. The van der Waals surface area contributed by atoms with E-state index in [9.17, 15) is 28.1 Å². The van der Waals surface area contributed by atoms with Crippen molar-refractivity contribution in [2.75, 3.05) is 12.8 Å². The van der Waals surface area contributed by atoms with Gasteiger partial charge < -0.3 is 10.4 Å². The second kappa shape index (κ2) is 6.31. The Balaban J connectivity index is 3.11. The van der Waals surface area contributed by atoms with Gasteiger partial charge in [-0.25, -0.2) is 8.42 Å². The molecule has 0 saturated carbocycles. The highest BCUT2D eigenvalue weighted by Gasteiger charge is 2.19. The number of nitrogens with zero attached hydrogens (tertiary/aromatic N) is 1. The molecule has 0 unspecified atom stereocenters. The molecule has 0 aromatic heterocycles. The fourth-order valence-electron chi connectivity index (χ4n) is 1.42. The maximum atomic E-state index is 11.8. The van der Waals surface area contributed by atoms with Gasteiger partial charge in [0.25, 0.3) is 11.6 Å². The van der Waals surface area contributed by atoms with Crippen LogP contribution in [0.4, 0.5) is 5.69 Å². The first kappa shape index (κ1) is 16.6. The molecule has 0 spiro atoms. The van der Waals surface area contributed by atoms with Crippen molar-refractivity contribution >= 4 is 27.4 Å². The highest BCUT2D eigenvalue weighted by molar-refractivity contribution is 7.90. The highest BCUT2D eigenvalue weighted by atomic mass is 32.2. The van der Waals surface area contributed by atoms with Crippen LogP contribution in [-0.2, 0) is 14.6 Å². The lowest BCUT2D eigenvalue weighted by Crippen LogP contribution is -2.26. The largest absolute Gasteiger partial charge is 0.481 e. The minimum Gasteiger partial charge on any atom is -0.481 e. The van der Waals surface area contributed by atoms with Crippen molar-refractivity contribution in [1.29, 1.82) is 0 Å². The molecule has 1 aromatic rings. The van der Waals surface area contributed by atoms with Gasteiger partial charge in [-0.1, -0.05) is 0 Å². The lowest BCUT2D eigenvalue weighted by atomic mass is 10.2. The van der Waals surface area contributed by atoms with Crippen molar-refractivity contribution in [3.05, 3.63) is 33.9 Å². The average molecular weight is 316 g/mol. The summed E-state index contributed by atoms with van der Waals surface area (Å²) in [6, 6.07) is 2.77. The van der Waals surface area contributed by atoms with E-state index in [1.54, 1.807) is 0 Å². The quantitative estimate of drug-likeness (QED) is 0.563. The third kappa shape index (κ3) is 4.84. The average Bonchev–Trinajstić information content (AvgIpc) is 2.36. The summed E-state index contributed by atoms with van der Waals surface area (Å²) >= 11 is 0. The lowest BCUT2D eigenvalue weighted by Gasteiger charge is -2.06. The van der Waals surface area contributed by atoms with Gasteiger partial charge in [-0.05, 0) is 6.07 Å². The molecule has 0 heterocycles. The smallest absolute Gasteiger partial charge is 0.305 e. The Morgan fingerprint density at radius 1 is 1.33 bits per heavy atom. The van der Waals surface area contributed by atoms with E-state index in [1.807, 2.05) is 0 Å². The van der Waals surface area contributed by atoms with Crippen molar-refractivity contribution in [2.24, 2.45) is 0 Å². The van der Waals surface area contributed by atoms with Crippen LogP contribution in [0.25, 0.3) is 0 Å². The van der Waals surface area contributed by atoms with Gasteiger partial charge in [-0.3, -0.25) is 19.7 Å². The fourth-order valence-corrected chi connectivity index (χ4v) is 2.09. The maximum Gasteiger partial charge on any atom is 0.305 e. The first-order valence-electron chi connectivity index (χ1n) is 5.61. The Kier molecular flexibility index (Phi) is 4.97. The zero-order chi connectivity index (χ0) is 16.2. The third-order valence-electron chi connectivity index (χ3n) is 2.42. The van der Waals surface area contributed by atoms with E-state index < -0.39 is 32.3 Å². The van der Waals surface area contributed by atoms with E-state index in [4.69, 9.17) is 5.11 Å². The maximum absolute atomic E-state index is 11.8. The van der Waals surface area contributed by atoms with Gasteiger partial charge in [0, 0.05) is 30.5 Å². The van der Waals surface area contributed by atoms with Gasteiger partial charge in [-0.15, -0.1) is 0 Å². The molecular weight excluding hydrogens is 304 g/mol. The van der Waals surface area contributed by atoms with Crippen molar-refractivity contribution in [3.63, 3.8) is 0 Å². The van der Waals surface area contributed by atoms with Crippen molar-refractivity contribution < 1.29 is 28.0 Å². The minimum atomic E-state index is -3.73. The number of non-ortho nitro benzene ring substituents is 1. The standard InChI is InChI=1S/C11H12N2O7S/c1-21(19,20)9-5-7(4-8(6-9)13(17)18)11(16)12-3-2-10(14)15/h4-6H,2-3H2,1H3,(H,12,16)(H,14,15). The number of nitro groups is 1. The SMILES string of the molecule is CS(=O)(=O)c1cc(C(=O)NCCC(=O)O)cc([N+](=O)[O-])c1. The second-order valence-electron chi connectivity index (χ2n) is 4.14. The van der Waals surface area contributed by atoms with Crippen LogP contribution in [-0.4, -0.2) is 43.1 Å². The van der Waals surface area contributed by atoms with Gasteiger partial charge >= 0.3 is 5.97 Å². The van der Waals surface area contributed by atoms with Gasteiger partial charge in [0.1, 0.15) is 0 Å². The highest BCUT2D eigenvalue weighted by Crippen LogP contribution is 2.20. The van der Waals surface area contributed by atoms with Crippen LogP contribution in [0.2, 0.25) is 0 Å². The monoisotopic (exact) mass is 316 g/mol. The Morgan fingerprint density at radius 3 is 2.43 bits per heavy atom. The number of carboxylic acids is 1. The predicted octanol–water partition coefficient (Wildman–Crippen LogP) is 0.203. The number of rotatable bonds is 6. The number of nitro benzene ring substituents is 1. The minimum absolute atomic E-state index is 0.176. The molecule has 1 amide bonds. The Morgan fingerprint density at radius 2 is 1.95 bits per heavy atom. The normalized spacial score (nSPS) is 10.9. The number of sulfone groups is 1. The summed E-state index contributed by atoms with van der Waals surface area (Å²) in [4.78, 5) is 31.7. The van der Waals surface area contributed by atoms with Crippen LogP contribution in [0.15, 0.2) is 23.1 Å². The molecule has 1 rings (SSSR count). The molecule has 0 aliphatic heterocycles. The summed E-state index contributed by atoms with van der Waals surface area (Å²) in [5, 5.41) is 21.4. The molecule has 0 bridgehead atoms. The molecule has 0 radical (unpaired) electrons. The van der Waals surface area contributed by atoms with Crippen molar-refractivity contribution in [2.45, 2.75) is 11.3 Å². The van der Waals surface area contributed by atoms with Crippen LogP contribution in [0.1, 0.15) is 16.8 Å². The summed E-state index contributed by atoms with van der Waals surface area (Å²) in [7, 11) is -3.73. The van der Waals surface area contributed by atoms with Crippen LogP contribution in [0.5, 0.6) is 0 Å². The lowest BCUT2D eigenvalue weighted by molar-refractivity contribution is -0.385. The Bertz CT molecular complexity index is 697. The van der Waals surface area contributed by atoms with Crippen LogP contribution in [0, 0.1) is 10.1 Å². The third-order valence-corrected chi connectivity index (χ3v) is 3.51. The number of carboxylic acid groups (broad SMARTS) is 1. The number of hydrogen-bond acceptors (Lipinski definition) is 6. The molecule has 2 N–H and O–H groups in total. The molecule has 9 nitrogen and oxygen atoms in total. The zero-order valence-electron chi connectivity index (χ0n) is 10.9. The summed E-state index contributed by atoms with van der Waals surface area (Å²) in [5.41, 5.74) is -0.767. The first-order chi connectivity index (χ1) is 9.61. The molecule has 1 aromatic carbocycles. The van der Waals surface area contributed by atoms with Gasteiger partial charge in [0.15, 0.2) is 9.84 Å². The molecule has 114 valence electrons. The second-order valence-corrected chi connectivity index (χ2v) is 6.16. The first-order valence-corrected chi connectivity index (χ1v) is 7.50. The number of aliphatic carboxylic acids is 1.